The van der Waals surface area contributed by atoms with Crippen LogP contribution in [0.4, 0.5) is 8.78 Å². The largest absolute Gasteiger partial charge is 0.372 e. The van der Waals surface area contributed by atoms with Gasteiger partial charge >= 0.3 is 0 Å². The maximum absolute atomic E-state index is 13.5. The minimum atomic E-state index is -0.815. The zero-order chi connectivity index (χ0) is 13.0. The molecule has 0 aromatic heterocycles. The highest BCUT2D eigenvalue weighted by Gasteiger charge is 2.24. The van der Waals surface area contributed by atoms with Gasteiger partial charge in [0, 0.05) is 11.6 Å². The Balaban J connectivity index is 1.96. The molecule has 1 saturated carbocycles. The van der Waals surface area contributed by atoms with Gasteiger partial charge in [-0.25, -0.2) is 8.78 Å². The van der Waals surface area contributed by atoms with Crippen molar-refractivity contribution in [2.45, 2.75) is 44.4 Å². The number of halogens is 2. The Morgan fingerprint density at radius 3 is 2.83 bits per heavy atom. The summed E-state index contributed by atoms with van der Waals surface area (Å²) in [6.45, 7) is 0.131. The number of ether oxygens (including phenoxy) is 1. The van der Waals surface area contributed by atoms with Gasteiger partial charge in [0.15, 0.2) is 11.6 Å². The third-order valence-electron chi connectivity index (χ3n) is 3.56. The lowest BCUT2D eigenvalue weighted by Gasteiger charge is -2.31. The van der Waals surface area contributed by atoms with Crippen molar-refractivity contribution in [2.24, 2.45) is 0 Å². The van der Waals surface area contributed by atoms with Crippen LogP contribution in [0, 0.1) is 11.6 Å². The fourth-order valence-electron chi connectivity index (χ4n) is 2.48. The Morgan fingerprint density at radius 1 is 1.28 bits per heavy atom. The number of likely N-dealkylation sites (N-methyl/N-ethyl adjacent to an activating group) is 1. The van der Waals surface area contributed by atoms with Crippen LogP contribution in [0.2, 0.25) is 0 Å². The maximum atomic E-state index is 13.5. The van der Waals surface area contributed by atoms with Crippen molar-refractivity contribution in [2.75, 3.05) is 7.05 Å². The normalized spacial score (nSPS) is 24.2. The average molecular weight is 255 g/mol. The van der Waals surface area contributed by atoms with E-state index in [0.717, 1.165) is 25.3 Å². The van der Waals surface area contributed by atoms with E-state index in [4.69, 9.17) is 4.74 Å². The van der Waals surface area contributed by atoms with E-state index in [9.17, 15) is 8.78 Å². The highest BCUT2D eigenvalue weighted by atomic mass is 19.2. The number of nitrogens with one attached hydrogen (secondary N) is 1. The van der Waals surface area contributed by atoms with Crippen molar-refractivity contribution in [1.82, 2.24) is 5.32 Å². The van der Waals surface area contributed by atoms with E-state index < -0.39 is 11.6 Å². The van der Waals surface area contributed by atoms with Crippen LogP contribution < -0.4 is 5.32 Å². The highest BCUT2D eigenvalue weighted by Crippen LogP contribution is 2.23. The quantitative estimate of drug-likeness (QED) is 0.893. The van der Waals surface area contributed by atoms with E-state index in [1.807, 2.05) is 7.05 Å². The van der Waals surface area contributed by atoms with E-state index in [0.29, 0.717) is 6.04 Å². The minimum Gasteiger partial charge on any atom is -0.372 e. The molecular formula is C14H19F2NO. The molecule has 100 valence electrons. The first-order valence-electron chi connectivity index (χ1n) is 6.44. The summed E-state index contributed by atoms with van der Waals surface area (Å²) in [5, 5.41) is 3.22. The number of hydrogen-bond acceptors (Lipinski definition) is 2. The van der Waals surface area contributed by atoms with Crippen LogP contribution in [0.5, 0.6) is 0 Å². The summed E-state index contributed by atoms with van der Waals surface area (Å²) >= 11 is 0. The zero-order valence-electron chi connectivity index (χ0n) is 10.6. The highest BCUT2D eigenvalue weighted by molar-refractivity contribution is 5.18. The molecule has 0 saturated heterocycles. The van der Waals surface area contributed by atoms with Gasteiger partial charge in [0.25, 0.3) is 0 Å². The Morgan fingerprint density at radius 2 is 2.06 bits per heavy atom. The third-order valence-corrected chi connectivity index (χ3v) is 3.56. The molecule has 2 nitrogen and oxygen atoms in total. The summed E-state index contributed by atoms with van der Waals surface area (Å²) in [5.41, 5.74) is 0.287. The number of benzene rings is 1. The van der Waals surface area contributed by atoms with Crippen molar-refractivity contribution in [3.8, 4) is 0 Å². The van der Waals surface area contributed by atoms with Crippen LogP contribution in [0.3, 0.4) is 0 Å². The topological polar surface area (TPSA) is 21.3 Å². The van der Waals surface area contributed by atoms with Gasteiger partial charge in [-0.2, -0.15) is 0 Å². The van der Waals surface area contributed by atoms with Gasteiger partial charge in [-0.05, 0) is 26.0 Å². The second kappa shape index (κ2) is 6.25. The molecule has 4 heteroatoms. The van der Waals surface area contributed by atoms with Crippen LogP contribution >= 0.6 is 0 Å². The molecule has 0 radical (unpaired) electrons. The summed E-state index contributed by atoms with van der Waals surface area (Å²) in [5.74, 6) is -1.61. The standard InChI is InChI=1S/C14H19F2NO/c1-17-12-7-2-3-8-13(12)18-9-10-5-4-6-11(15)14(10)16/h4-6,12-13,17H,2-3,7-9H2,1H3. The van der Waals surface area contributed by atoms with Crippen molar-refractivity contribution in [3.05, 3.63) is 35.4 Å². The van der Waals surface area contributed by atoms with Gasteiger partial charge in [-0.15, -0.1) is 0 Å². The lowest BCUT2D eigenvalue weighted by molar-refractivity contribution is -0.00489. The molecule has 2 rings (SSSR count). The molecular weight excluding hydrogens is 236 g/mol. The molecule has 0 amide bonds. The molecule has 1 aromatic rings. The maximum Gasteiger partial charge on any atom is 0.164 e. The van der Waals surface area contributed by atoms with E-state index >= 15 is 0 Å². The van der Waals surface area contributed by atoms with Gasteiger partial charge in [-0.1, -0.05) is 25.0 Å². The fourth-order valence-corrected chi connectivity index (χ4v) is 2.48. The molecule has 1 aliphatic carbocycles. The molecule has 0 aliphatic heterocycles. The Bertz CT molecular complexity index is 397. The second-order valence-corrected chi connectivity index (χ2v) is 4.74. The van der Waals surface area contributed by atoms with Gasteiger partial charge in [0.1, 0.15) is 0 Å². The first kappa shape index (κ1) is 13.4. The monoisotopic (exact) mass is 255 g/mol. The molecule has 0 bridgehead atoms. The van der Waals surface area contributed by atoms with Crippen molar-refractivity contribution < 1.29 is 13.5 Å². The zero-order valence-corrected chi connectivity index (χ0v) is 10.6. The van der Waals surface area contributed by atoms with E-state index in [1.165, 1.54) is 12.5 Å². The second-order valence-electron chi connectivity index (χ2n) is 4.74. The molecule has 0 spiro atoms. The molecule has 0 heterocycles. The predicted octanol–water partition coefficient (Wildman–Crippen LogP) is 3.01. The summed E-state index contributed by atoms with van der Waals surface area (Å²) in [6.07, 6.45) is 4.47. The third kappa shape index (κ3) is 3.06. The van der Waals surface area contributed by atoms with Crippen molar-refractivity contribution >= 4 is 0 Å². The predicted molar refractivity (Wildman–Crippen MR) is 66.3 cm³/mol. The number of hydrogen-bond donors (Lipinski definition) is 1. The molecule has 1 aromatic carbocycles. The first-order chi connectivity index (χ1) is 8.72. The lowest BCUT2D eigenvalue weighted by atomic mass is 9.92. The van der Waals surface area contributed by atoms with Gasteiger partial charge in [0.2, 0.25) is 0 Å². The molecule has 2 unspecified atom stereocenters. The Kier molecular flexibility index (Phi) is 4.66. The molecule has 1 fully saturated rings. The van der Waals surface area contributed by atoms with E-state index in [-0.39, 0.29) is 18.3 Å². The van der Waals surface area contributed by atoms with E-state index in [1.54, 1.807) is 6.07 Å². The van der Waals surface area contributed by atoms with Crippen LogP contribution in [0.1, 0.15) is 31.2 Å². The summed E-state index contributed by atoms with van der Waals surface area (Å²) in [7, 11) is 1.91. The van der Waals surface area contributed by atoms with Crippen LogP contribution in [0.25, 0.3) is 0 Å². The smallest absolute Gasteiger partial charge is 0.164 e. The SMILES string of the molecule is CNC1CCCCC1OCc1cccc(F)c1F. The van der Waals surface area contributed by atoms with Gasteiger partial charge in [0.05, 0.1) is 12.7 Å². The molecule has 18 heavy (non-hydrogen) atoms. The Hall–Kier alpha value is -1.00. The van der Waals surface area contributed by atoms with Crippen LogP contribution in [-0.4, -0.2) is 19.2 Å². The Labute approximate surface area is 106 Å². The first-order valence-corrected chi connectivity index (χ1v) is 6.44. The molecule has 1 N–H and O–H groups in total. The van der Waals surface area contributed by atoms with Crippen molar-refractivity contribution in [3.63, 3.8) is 0 Å². The van der Waals surface area contributed by atoms with Crippen LogP contribution in [0.15, 0.2) is 18.2 Å². The fraction of sp³-hybridized carbons (Fsp3) is 0.571. The molecule has 2 atom stereocenters. The summed E-state index contributed by atoms with van der Waals surface area (Å²) < 4.78 is 32.2. The lowest BCUT2D eigenvalue weighted by Crippen LogP contribution is -2.41. The van der Waals surface area contributed by atoms with Crippen LogP contribution in [-0.2, 0) is 11.3 Å². The molecule has 1 aliphatic rings. The van der Waals surface area contributed by atoms with E-state index in [2.05, 4.69) is 5.32 Å². The summed E-state index contributed by atoms with van der Waals surface area (Å²) in [6, 6.07) is 4.51. The van der Waals surface area contributed by atoms with Gasteiger partial charge in [-0.3, -0.25) is 0 Å². The van der Waals surface area contributed by atoms with Crippen molar-refractivity contribution in [1.29, 1.82) is 0 Å². The minimum absolute atomic E-state index is 0.0893. The summed E-state index contributed by atoms with van der Waals surface area (Å²) in [4.78, 5) is 0. The average Bonchev–Trinajstić information content (AvgIpc) is 2.41. The van der Waals surface area contributed by atoms with Gasteiger partial charge < -0.3 is 10.1 Å². The number of rotatable bonds is 4.